The van der Waals surface area contributed by atoms with Gasteiger partial charge in [0.15, 0.2) is 0 Å². The van der Waals surface area contributed by atoms with Crippen LogP contribution in [-0.2, 0) is 5.41 Å². The van der Waals surface area contributed by atoms with Gasteiger partial charge in [-0.3, -0.25) is 0 Å². The molecule has 3 N–H and O–H groups in total. The maximum absolute atomic E-state index is 10.2. The maximum atomic E-state index is 10.2. The van der Waals surface area contributed by atoms with Crippen LogP contribution in [0.25, 0.3) is 0 Å². The zero-order chi connectivity index (χ0) is 14.9. The number of hydrogen-bond donors (Lipinski definition) is 3. The number of rotatable bonds is 1. The lowest BCUT2D eigenvalue weighted by molar-refractivity contribution is -0.916. The fourth-order valence-electron chi connectivity index (χ4n) is 6.36. The van der Waals surface area contributed by atoms with Crippen LogP contribution in [0, 0.1) is 11.8 Å². The van der Waals surface area contributed by atoms with Crippen LogP contribution in [0.1, 0.15) is 25.3 Å². The van der Waals surface area contributed by atoms with Crippen molar-refractivity contribution < 1.29 is 10.0 Å². The molecule has 1 spiro atoms. The predicted molar refractivity (Wildman–Crippen MR) is 87.1 cm³/mol. The fraction of sp³-hybridized carbons (Fsp3) is 0.579. The Bertz CT molecular complexity index is 655. The molecule has 5 rings (SSSR count). The SMILES string of the molecule is C/C=C1/C[NH+]2CC[C@]34c5ccccc5N[C@H]3[C@@H](CO)[C@H]1C[C@H]24. The average Bonchev–Trinajstić information content (AvgIpc) is 3.11. The lowest BCUT2D eigenvalue weighted by Crippen LogP contribution is -3.16. The lowest BCUT2D eigenvalue weighted by atomic mass is 9.56. The Morgan fingerprint density at radius 2 is 2.27 bits per heavy atom. The average molecular weight is 297 g/mol. The first-order chi connectivity index (χ1) is 10.8. The van der Waals surface area contributed by atoms with Crippen molar-refractivity contribution in [2.75, 3.05) is 25.0 Å². The molecule has 1 aliphatic carbocycles. The van der Waals surface area contributed by atoms with Crippen molar-refractivity contribution in [1.29, 1.82) is 0 Å². The minimum Gasteiger partial charge on any atom is -0.396 e. The molecule has 2 saturated heterocycles. The van der Waals surface area contributed by atoms with E-state index < -0.39 is 0 Å². The molecule has 0 radical (unpaired) electrons. The van der Waals surface area contributed by atoms with Crippen molar-refractivity contribution in [2.45, 2.75) is 37.3 Å². The van der Waals surface area contributed by atoms with E-state index in [0.29, 0.717) is 24.5 Å². The summed E-state index contributed by atoms with van der Waals surface area (Å²) in [5.74, 6) is 0.927. The first-order valence-corrected chi connectivity index (χ1v) is 8.76. The van der Waals surface area contributed by atoms with Crippen LogP contribution in [0.15, 0.2) is 35.9 Å². The highest BCUT2D eigenvalue weighted by Crippen LogP contribution is 2.56. The van der Waals surface area contributed by atoms with E-state index in [2.05, 4.69) is 42.6 Å². The molecule has 6 atom stereocenters. The molecule has 3 aliphatic heterocycles. The van der Waals surface area contributed by atoms with Crippen LogP contribution < -0.4 is 10.2 Å². The number of para-hydroxylation sites is 1. The van der Waals surface area contributed by atoms with Crippen LogP contribution in [0.3, 0.4) is 0 Å². The summed E-state index contributed by atoms with van der Waals surface area (Å²) in [5, 5.41) is 14.0. The molecule has 1 unspecified atom stereocenters. The Morgan fingerprint density at radius 3 is 3.09 bits per heavy atom. The predicted octanol–water partition coefficient (Wildman–Crippen LogP) is 0.964. The van der Waals surface area contributed by atoms with E-state index in [1.807, 2.05) is 0 Å². The van der Waals surface area contributed by atoms with Crippen molar-refractivity contribution in [3.05, 3.63) is 41.5 Å². The van der Waals surface area contributed by atoms with E-state index in [1.54, 1.807) is 10.5 Å². The molecule has 0 amide bonds. The molecule has 4 aliphatic rings. The summed E-state index contributed by atoms with van der Waals surface area (Å²) in [7, 11) is 0. The minimum atomic E-state index is 0.259. The largest absolute Gasteiger partial charge is 0.396 e. The molecule has 3 fully saturated rings. The van der Waals surface area contributed by atoms with E-state index in [4.69, 9.17) is 0 Å². The summed E-state index contributed by atoms with van der Waals surface area (Å²) >= 11 is 0. The van der Waals surface area contributed by atoms with Crippen LogP contribution in [0.4, 0.5) is 5.69 Å². The number of allylic oxidation sites excluding steroid dienone is 1. The normalized spacial score (nSPS) is 46.3. The minimum absolute atomic E-state index is 0.259. The van der Waals surface area contributed by atoms with Gasteiger partial charge >= 0.3 is 0 Å². The Hall–Kier alpha value is -1.32. The van der Waals surface area contributed by atoms with Crippen LogP contribution in [0.5, 0.6) is 0 Å². The molecule has 3 heteroatoms. The second-order valence-electron chi connectivity index (χ2n) is 7.65. The summed E-state index contributed by atoms with van der Waals surface area (Å²) < 4.78 is 0. The first kappa shape index (κ1) is 13.1. The first-order valence-electron chi connectivity index (χ1n) is 8.76. The summed E-state index contributed by atoms with van der Waals surface area (Å²) in [4.78, 5) is 1.78. The monoisotopic (exact) mass is 297 g/mol. The zero-order valence-electron chi connectivity index (χ0n) is 13.2. The lowest BCUT2D eigenvalue weighted by Gasteiger charge is -2.52. The van der Waals surface area contributed by atoms with Crippen molar-refractivity contribution in [3.8, 4) is 0 Å². The third-order valence-electron chi connectivity index (χ3n) is 7.19. The Morgan fingerprint density at radius 1 is 1.41 bits per heavy atom. The van der Waals surface area contributed by atoms with Gasteiger partial charge in [-0.2, -0.15) is 0 Å². The van der Waals surface area contributed by atoms with Gasteiger partial charge in [0.05, 0.1) is 18.5 Å². The van der Waals surface area contributed by atoms with Crippen molar-refractivity contribution in [2.24, 2.45) is 11.8 Å². The Balaban J connectivity index is 1.71. The molecule has 3 heterocycles. The Labute approximate surface area is 132 Å². The molecule has 1 saturated carbocycles. The van der Waals surface area contributed by atoms with E-state index >= 15 is 0 Å². The van der Waals surface area contributed by atoms with Gasteiger partial charge in [0.2, 0.25) is 0 Å². The van der Waals surface area contributed by atoms with Crippen molar-refractivity contribution >= 4 is 5.69 Å². The van der Waals surface area contributed by atoms with E-state index in [9.17, 15) is 5.11 Å². The molecule has 22 heavy (non-hydrogen) atoms. The van der Waals surface area contributed by atoms with Gasteiger partial charge in [0.1, 0.15) is 6.04 Å². The zero-order valence-corrected chi connectivity index (χ0v) is 13.2. The van der Waals surface area contributed by atoms with Crippen molar-refractivity contribution in [1.82, 2.24) is 0 Å². The van der Waals surface area contributed by atoms with Gasteiger partial charge in [-0.1, -0.05) is 24.3 Å². The summed E-state index contributed by atoms with van der Waals surface area (Å²) in [6, 6.07) is 10.0. The number of quaternary nitrogens is 1. The topological polar surface area (TPSA) is 36.7 Å². The van der Waals surface area contributed by atoms with Gasteiger partial charge in [0, 0.05) is 37.1 Å². The molecule has 0 aromatic heterocycles. The van der Waals surface area contributed by atoms with Gasteiger partial charge < -0.3 is 15.3 Å². The van der Waals surface area contributed by atoms with Gasteiger partial charge in [-0.25, -0.2) is 0 Å². The highest BCUT2D eigenvalue weighted by Gasteiger charge is 2.67. The number of benzene rings is 1. The molecule has 3 nitrogen and oxygen atoms in total. The number of fused-ring (bicyclic) bond motifs is 2. The Kier molecular flexibility index (Phi) is 2.61. The standard InChI is InChI=1S/C19H24N2O/c1-2-12-10-21-8-7-19-15-5-3-4-6-16(15)20-18(19)14(11-22)13(12)9-17(19)21/h2-6,13-14,17-18,20,22H,7-11H2,1H3/p+1/b12-2-/t13-,14-,17-,18-,19+/m0/s1. The quantitative estimate of drug-likeness (QED) is 0.676. The number of aliphatic hydroxyl groups is 1. The smallest absolute Gasteiger partial charge is 0.100 e. The summed E-state index contributed by atoms with van der Waals surface area (Å²) in [6.07, 6.45) is 4.85. The molecule has 2 bridgehead atoms. The molecular formula is C19H25N2O+. The third kappa shape index (κ3) is 1.35. The number of hydrogen-bond acceptors (Lipinski definition) is 2. The van der Waals surface area contributed by atoms with Crippen LogP contribution in [0.2, 0.25) is 0 Å². The second-order valence-corrected chi connectivity index (χ2v) is 7.65. The van der Waals surface area contributed by atoms with E-state index in [1.165, 1.54) is 37.2 Å². The third-order valence-corrected chi connectivity index (χ3v) is 7.19. The summed E-state index contributed by atoms with van der Waals surface area (Å²) in [5.41, 5.74) is 4.69. The number of anilines is 1. The molecular weight excluding hydrogens is 272 g/mol. The number of aliphatic hydroxyl groups excluding tert-OH is 1. The number of piperidine rings is 1. The van der Waals surface area contributed by atoms with Gasteiger partial charge in [0.25, 0.3) is 0 Å². The van der Waals surface area contributed by atoms with Gasteiger partial charge in [-0.15, -0.1) is 0 Å². The molecule has 116 valence electrons. The van der Waals surface area contributed by atoms with E-state index in [0.717, 1.165) is 6.04 Å². The van der Waals surface area contributed by atoms with E-state index in [-0.39, 0.29) is 5.41 Å². The maximum Gasteiger partial charge on any atom is 0.100 e. The highest BCUT2D eigenvalue weighted by atomic mass is 16.3. The van der Waals surface area contributed by atoms with Gasteiger partial charge in [-0.05, 0) is 30.0 Å². The number of nitrogens with one attached hydrogen (secondary N) is 2. The highest BCUT2D eigenvalue weighted by molar-refractivity contribution is 5.64. The molecule has 1 aromatic carbocycles. The fourth-order valence-corrected chi connectivity index (χ4v) is 6.36. The summed E-state index contributed by atoms with van der Waals surface area (Å²) in [6.45, 7) is 4.95. The molecule has 1 aromatic rings. The van der Waals surface area contributed by atoms with Crippen LogP contribution >= 0.6 is 0 Å². The van der Waals surface area contributed by atoms with Crippen LogP contribution in [-0.4, -0.2) is 36.9 Å². The second kappa shape index (κ2) is 4.36. The van der Waals surface area contributed by atoms with Crippen molar-refractivity contribution in [3.63, 3.8) is 0 Å².